The Labute approximate surface area is 180 Å². The van der Waals surface area contributed by atoms with Crippen molar-refractivity contribution in [3.8, 4) is 0 Å². The summed E-state index contributed by atoms with van der Waals surface area (Å²) in [6.45, 7) is 3.63. The lowest BCUT2D eigenvalue weighted by Gasteiger charge is -2.27. The lowest BCUT2D eigenvalue weighted by Crippen LogP contribution is -2.54. The average Bonchev–Trinajstić information content (AvgIpc) is 3.05. The maximum atomic E-state index is 13.3. The molecule has 31 heavy (non-hydrogen) atoms. The third kappa shape index (κ3) is 4.71. The number of nitrogens with one attached hydrogen (secondary N) is 1. The zero-order chi connectivity index (χ0) is 22.4. The molecule has 3 amide bonds. The maximum absolute atomic E-state index is 13.3. The number of carbonyl (C=O) groups is 4. The molecule has 0 spiro atoms. The number of nitrogens with zero attached hydrogens (tertiary/aromatic N) is 1. The van der Waals surface area contributed by atoms with E-state index in [0.29, 0.717) is 12.8 Å². The van der Waals surface area contributed by atoms with Gasteiger partial charge in [0.2, 0.25) is 5.91 Å². The first-order valence-corrected chi connectivity index (χ1v) is 9.97. The van der Waals surface area contributed by atoms with E-state index < -0.39 is 35.8 Å². The van der Waals surface area contributed by atoms with E-state index in [9.17, 15) is 19.2 Å². The molecule has 3 rings (SSSR count). The molecule has 0 aromatic heterocycles. The summed E-state index contributed by atoms with van der Waals surface area (Å²) in [4.78, 5) is 52.4. The Kier molecular flexibility index (Phi) is 6.97. The third-order valence-corrected chi connectivity index (χ3v) is 5.17. The number of imide groups is 1. The molecule has 1 N–H and O–H groups in total. The predicted molar refractivity (Wildman–Crippen MR) is 114 cm³/mol. The van der Waals surface area contributed by atoms with Crippen LogP contribution in [0.25, 0.3) is 0 Å². The van der Waals surface area contributed by atoms with Gasteiger partial charge in [-0.25, -0.2) is 4.79 Å². The van der Waals surface area contributed by atoms with E-state index >= 15 is 0 Å². The highest BCUT2D eigenvalue weighted by Gasteiger charge is 2.43. The second kappa shape index (κ2) is 9.84. The number of ether oxygens (including phenoxy) is 1. The molecule has 7 nitrogen and oxygen atoms in total. The molecule has 2 aromatic rings. The Bertz CT molecular complexity index is 967. The lowest BCUT2D eigenvalue weighted by atomic mass is 10.0. The van der Waals surface area contributed by atoms with Crippen molar-refractivity contribution in [3.05, 3.63) is 83.9 Å². The standard InChI is InChI=1S/C24H24N2O5/c1-3-4-14-19(24(30)31-2)25-21(27)20(15-16-10-6-5-7-11-16)26-22(28)17-12-8-9-13-18(17)23(26)29/h3,5-13,19-20H,1,4,14-15H2,2H3,(H,25,27)/t19-,20?/m0/s1. The van der Waals surface area contributed by atoms with Crippen molar-refractivity contribution >= 4 is 23.7 Å². The van der Waals surface area contributed by atoms with Crippen LogP contribution in [0.5, 0.6) is 0 Å². The van der Waals surface area contributed by atoms with Crippen LogP contribution in [0, 0.1) is 0 Å². The summed E-state index contributed by atoms with van der Waals surface area (Å²) in [6.07, 6.45) is 2.53. The van der Waals surface area contributed by atoms with Crippen LogP contribution in [0.2, 0.25) is 0 Å². The van der Waals surface area contributed by atoms with Gasteiger partial charge >= 0.3 is 5.97 Å². The first-order valence-electron chi connectivity index (χ1n) is 9.97. The van der Waals surface area contributed by atoms with Gasteiger partial charge in [0.25, 0.3) is 11.8 Å². The van der Waals surface area contributed by atoms with Gasteiger partial charge in [0, 0.05) is 6.42 Å². The van der Waals surface area contributed by atoms with E-state index in [1.54, 1.807) is 30.3 Å². The van der Waals surface area contributed by atoms with Crippen LogP contribution in [0.4, 0.5) is 0 Å². The van der Waals surface area contributed by atoms with Crippen LogP contribution in [0.3, 0.4) is 0 Å². The zero-order valence-electron chi connectivity index (χ0n) is 17.2. The Morgan fingerprint density at radius 2 is 1.61 bits per heavy atom. The van der Waals surface area contributed by atoms with E-state index in [-0.39, 0.29) is 17.5 Å². The maximum Gasteiger partial charge on any atom is 0.328 e. The Morgan fingerprint density at radius 3 is 2.16 bits per heavy atom. The summed E-state index contributed by atoms with van der Waals surface area (Å²) in [5, 5.41) is 2.66. The van der Waals surface area contributed by atoms with Gasteiger partial charge in [-0.1, -0.05) is 48.5 Å². The molecule has 2 aromatic carbocycles. The van der Waals surface area contributed by atoms with Gasteiger partial charge in [0.1, 0.15) is 12.1 Å². The molecule has 0 saturated carbocycles. The van der Waals surface area contributed by atoms with Crippen molar-refractivity contribution in [2.45, 2.75) is 31.3 Å². The van der Waals surface area contributed by atoms with E-state index in [1.165, 1.54) is 7.11 Å². The average molecular weight is 420 g/mol. The summed E-state index contributed by atoms with van der Waals surface area (Å²) in [5.74, 6) is -2.26. The molecule has 2 atom stereocenters. The summed E-state index contributed by atoms with van der Waals surface area (Å²) >= 11 is 0. The minimum Gasteiger partial charge on any atom is -0.467 e. The minimum absolute atomic E-state index is 0.119. The van der Waals surface area contributed by atoms with Gasteiger partial charge in [-0.15, -0.1) is 6.58 Å². The second-order valence-electron chi connectivity index (χ2n) is 7.18. The SMILES string of the molecule is C=CCC[C@H](NC(=O)C(Cc1ccccc1)N1C(=O)c2ccccc2C1=O)C(=O)OC. The van der Waals surface area contributed by atoms with Gasteiger partial charge in [-0.05, 0) is 30.5 Å². The summed E-state index contributed by atoms with van der Waals surface area (Å²) < 4.78 is 4.79. The number of methoxy groups -OCH3 is 1. The summed E-state index contributed by atoms with van der Waals surface area (Å²) in [6, 6.07) is 13.5. The Morgan fingerprint density at radius 1 is 1.03 bits per heavy atom. The molecule has 1 unspecified atom stereocenters. The number of carbonyl (C=O) groups excluding carboxylic acids is 4. The fourth-order valence-electron chi connectivity index (χ4n) is 3.57. The summed E-state index contributed by atoms with van der Waals surface area (Å²) in [5.41, 5.74) is 1.30. The van der Waals surface area contributed by atoms with Gasteiger partial charge in [-0.2, -0.15) is 0 Å². The number of allylic oxidation sites excluding steroid dienone is 1. The Hall–Kier alpha value is -3.74. The van der Waals surface area contributed by atoms with Crippen LogP contribution in [-0.2, 0) is 20.7 Å². The number of rotatable bonds is 9. The lowest BCUT2D eigenvalue weighted by molar-refractivity contribution is -0.145. The second-order valence-corrected chi connectivity index (χ2v) is 7.18. The molecule has 0 saturated heterocycles. The molecule has 7 heteroatoms. The normalized spacial score (nSPS) is 14.5. The monoisotopic (exact) mass is 420 g/mol. The molecule has 160 valence electrons. The highest BCUT2D eigenvalue weighted by molar-refractivity contribution is 6.22. The third-order valence-electron chi connectivity index (χ3n) is 5.17. The number of amides is 3. The van der Waals surface area contributed by atoms with Crippen LogP contribution >= 0.6 is 0 Å². The molecule has 0 aliphatic carbocycles. The largest absolute Gasteiger partial charge is 0.467 e. The quantitative estimate of drug-likeness (QED) is 0.382. The predicted octanol–water partition coefficient (Wildman–Crippen LogP) is 2.52. The highest BCUT2D eigenvalue weighted by atomic mass is 16.5. The first kappa shape index (κ1) is 22.0. The van der Waals surface area contributed by atoms with Crippen molar-refractivity contribution < 1.29 is 23.9 Å². The molecule has 1 aliphatic heterocycles. The Balaban J connectivity index is 1.92. The highest BCUT2D eigenvalue weighted by Crippen LogP contribution is 2.26. The van der Waals surface area contributed by atoms with Gasteiger partial charge in [0.05, 0.1) is 18.2 Å². The van der Waals surface area contributed by atoms with Gasteiger partial charge in [0.15, 0.2) is 0 Å². The molecular formula is C24H24N2O5. The number of hydrogen-bond acceptors (Lipinski definition) is 5. The van der Waals surface area contributed by atoms with E-state index in [4.69, 9.17) is 4.74 Å². The van der Waals surface area contributed by atoms with Crippen LogP contribution in [0.15, 0.2) is 67.3 Å². The topological polar surface area (TPSA) is 92.8 Å². The van der Waals surface area contributed by atoms with Gasteiger partial charge in [-0.3, -0.25) is 19.3 Å². The number of hydrogen-bond donors (Lipinski definition) is 1. The van der Waals surface area contributed by atoms with E-state index in [0.717, 1.165) is 10.5 Å². The molecule has 1 aliphatic rings. The molecular weight excluding hydrogens is 396 g/mol. The molecule has 0 fully saturated rings. The minimum atomic E-state index is -1.12. The number of benzene rings is 2. The van der Waals surface area contributed by atoms with Crippen molar-refractivity contribution in [1.82, 2.24) is 10.2 Å². The van der Waals surface area contributed by atoms with Crippen LogP contribution < -0.4 is 5.32 Å². The molecule has 1 heterocycles. The molecule has 0 radical (unpaired) electrons. The smallest absolute Gasteiger partial charge is 0.328 e. The van der Waals surface area contributed by atoms with Gasteiger partial charge < -0.3 is 10.1 Å². The number of esters is 1. The zero-order valence-corrected chi connectivity index (χ0v) is 17.2. The summed E-state index contributed by atoms with van der Waals surface area (Å²) in [7, 11) is 1.24. The van der Waals surface area contributed by atoms with Crippen LogP contribution in [-0.4, -0.2) is 47.8 Å². The van der Waals surface area contributed by atoms with Crippen molar-refractivity contribution in [1.29, 1.82) is 0 Å². The molecule has 0 bridgehead atoms. The van der Waals surface area contributed by atoms with Crippen molar-refractivity contribution in [2.24, 2.45) is 0 Å². The fraction of sp³-hybridized carbons (Fsp3) is 0.250. The van der Waals surface area contributed by atoms with Crippen LogP contribution in [0.1, 0.15) is 39.1 Å². The first-order chi connectivity index (χ1) is 15.0. The fourth-order valence-corrected chi connectivity index (χ4v) is 3.57. The van der Waals surface area contributed by atoms with E-state index in [1.807, 2.05) is 30.3 Å². The van der Waals surface area contributed by atoms with E-state index in [2.05, 4.69) is 11.9 Å². The van der Waals surface area contributed by atoms with Crippen molar-refractivity contribution in [2.75, 3.05) is 7.11 Å². The number of fused-ring (bicyclic) bond motifs is 1. The van der Waals surface area contributed by atoms with Crippen molar-refractivity contribution in [3.63, 3.8) is 0 Å².